The Hall–Kier alpha value is -0.215. The zero-order valence-electron chi connectivity index (χ0n) is 14.0. The van der Waals surface area contributed by atoms with E-state index in [0.29, 0.717) is 79.2 Å². The molecule has 0 aromatic heterocycles. The fourth-order valence-electron chi connectivity index (χ4n) is 1.40. The van der Waals surface area contributed by atoms with Crippen molar-refractivity contribution in [2.45, 2.75) is 0 Å². The molecule has 0 aromatic carbocycles. The molecular formula is C14H30BNO6. The average Bonchev–Trinajstić information content (AvgIpc) is 2.52. The van der Waals surface area contributed by atoms with Crippen LogP contribution in [0.4, 0.5) is 0 Å². The Kier molecular flexibility index (Phi) is 18.6. The van der Waals surface area contributed by atoms with E-state index < -0.39 is 0 Å². The van der Waals surface area contributed by atoms with Crippen molar-refractivity contribution in [1.82, 2.24) is 4.81 Å². The lowest BCUT2D eigenvalue weighted by atomic mass is 10.3. The summed E-state index contributed by atoms with van der Waals surface area (Å²) < 4.78 is 31.1. The van der Waals surface area contributed by atoms with Crippen LogP contribution in [0.25, 0.3) is 0 Å². The van der Waals surface area contributed by atoms with Crippen LogP contribution in [-0.2, 0) is 28.4 Å². The highest BCUT2D eigenvalue weighted by molar-refractivity contribution is 6.04. The number of rotatable bonds is 18. The topological polar surface area (TPSA) is 58.6 Å². The molecule has 22 heavy (non-hydrogen) atoms. The maximum absolute atomic E-state index is 5.81. The van der Waals surface area contributed by atoms with Crippen molar-refractivity contribution in [3.63, 3.8) is 0 Å². The number of hydrogen-bond donors (Lipinski definition) is 0. The van der Waals surface area contributed by atoms with Gasteiger partial charge in [0, 0.05) is 27.3 Å². The van der Waals surface area contributed by atoms with E-state index in [4.69, 9.17) is 36.4 Å². The number of nitrogens with zero attached hydrogens (tertiary/aromatic N) is 1. The Morgan fingerprint density at radius 3 is 1.23 bits per heavy atom. The number of methoxy groups -OCH3 is 2. The second kappa shape index (κ2) is 18.8. The minimum Gasteiger partial charge on any atom is -0.382 e. The van der Waals surface area contributed by atoms with E-state index in [1.807, 2.05) is 0 Å². The smallest absolute Gasteiger partial charge is 0.182 e. The van der Waals surface area contributed by atoms with Crippen LogP contribution in [0.1, 0.15) is 0 Å². The Morgan fingerprint density at radius 1 is 0.545 bits per heavy atom. The summed E-state index contributed by atoms with van der Waals surface area (Å²) in [6.45, 7) is 7.12. The van der Waals surface area contributed by atoms with Gasteiger partial charge in [-0.05, 0) is 0 Å². The Balaban J connectivity index is 3.11. The van der Waals surface area contributed by atoms with Gasteiger partial charge in [-0.25, -0.2) is 0 Å². The molecule has 8 heteroatoms. The lowest BCUT2D eigenvalue weighted by Gasteiger charge is -2.17. The lowest BCUT2D eigenvalue weighted by molar-refractivity contribution is 0.0165. The molecule has 0 aliphatic carbocycles. The fraction of sp³-hybridized carbons (Fsp3) is 1.00. The van der Waals surface area contributed by atoms with Crippen LogP contribution in [-0.4, -0.2) is 106 Å². The molecule has 0 heterocycles. The molecule has 0 aliphatic rings. The summed E-state index contributed by atoms with van der Waals surface area (Å²) in [5.74, 6) is 0. The van der Waals surface area contributed by atoms with Crippen molar-refractivity contribution in [3.8, 4) is 0 Å². The van der Waals surface area contributed by atoms with Crippen molar-refractivity contribution in [3.05, 3.63) is 0 Å². The molecule has 0 amide bonds. The predicted octanol–water partition coefficient (Wildman–Crippen LogP) is -0.269. The normalized spacial score (nSPS) is 11.4. The Morgan fingerprint density at radius 2 is 0.864 bits per heavy atom. The van der Waals surface area contributed by atoms with Gasteiger partial charge in [0.2, 0.25) is 0 Å². The Bertz CT molecular complexity index is 194. The number of hydrogen-bond acceptors (Lipinski definition) is 7. The molecule has 0 aliphatic heterocycles. The molecule has 0 unspecified atom stereocenters. The highest BCUT2D eigenvalue weighted by Gasteiger charge is 1.98. The van der Waals surface area contributed by atoms with E-state index in [1.54, 1.807) is 19.0 Å². The summed E-state index contributed by atoms with van der Waals surface area (Å²) in [6.07, 6.45) is 0. The molecule has 0 N–H and O–H groups in total. The van der Waals surface area contributed by atoms with Crippen molar-refractivity contribution < 1.29 is 28.4 Å². The zero-order chi connectivity index (χ0) is 16.3. The third kappa shape index (κ3) is 17.8. The molecule has 0 fully saturated rings. The fourth-order valence-corrected chi connectivity index (χ4v) is 1.40. The molecule has 0 spiro atoms. The second-order valence-corrected chi connectivity index (χ2v) is 4.47. The summed E-state index contributed by atoms with van der Waals surface area (Å²) in [5, 5.41) is 0. The summed E-state index contributed by atoms with van der Waals surface area (Å²) >= 11 is 0. The number of ether oxygens (including phenoxy) is 6. The summed E-state index contributed by atoms with van der Waals surface area (Å²) in [7, 11) is 9.11. The second-order valence-electron chi connectivity index (χ2n) is 4.47. The molecule has 0 saturated carbocycles. The molecule has 7 nitrogen and oxygen atoms in total. The van der Waals surface area contributed by atoms with Crippen LogP contribution in [0.3, 0.4) is 0 Å². The molecule has 0 aromatic rings. The van der Waals surface area contributed by atoms with Gasteiger partial charge >= 0.3 is 0 Å². The van der Waals surface area contributed by atoms with Crippen LogP contribution >= 0.6 is 0 Å². The summed E-state index contributed by atoms with van der Waals surface area (Å²) in [6, 6.07) is 0. The lowest BCUT2D eigenvalue weighted by Crippen LogP contribution is -2.29. The SMILES string of the molecule is [B]N(CCOCCOCCOC)CCOCCOCCOC. The monoisotopic (exact) mass is 319 g/mol. The first kappa shape index (κ1) is 21.8. The summed E-state index contributed by atoms with van der Waals surface area (Å²) in [5.41, 5.74) is 0. The van der Waals surface area contributed by atoms with Gasteiger partial charge in [-0.3, -0.25) is 0 Å². The molecule has 0 atom stereocenters. The first-order valence-corrected chi connectivity index (χ1v) is 7.59. The van der Waals surface area contributed by atoms with Gasteiger partial charge in [0.15, 0.2) is 7.98 Å². The standard InChI is InChI=1S/C14H30BNO6/c1-17-7-9-21-13-11-19-5-3-16(15)4-6-20-12-14-22-10-8-18-2/h3-14H2,1-2H3. The Labute approximate surface area is 135 Å². The largest absolute Gasteiger partial charge is 0.382 e. The minimum absolute atomic E-state index is 0.562. The quantitative estimate of drug-likeness (QED) is 0.255. The predicted molar refractivity (Wildman–Crippen MR) is 84.4 cm³/mol. The zero-order valence-corrected chi connectivity index (χ0v) is 14.0. The van der Waals surface area contributed by atoms with E-state index in [-0.39, 0.29) is 0 Å². The van der Waals surface area contributed by atoms with Crippen LogP contribution in [0.15, 0.2) is 0 Å². The van der Waals surface area contributed by atoms with Crippen LogP contribution < -0.4 is 0 Å². The van der Waals surface area contributed by atoms with Crippen molar-refractivity contribution in [1.29, 1.82) is 0 Å². The van der Waals surface area contributed by atoms with Crippen LogP contribution in [0, 0.1) is 0 Å². The van der Waals surface area contributed by atoms with Gasteiger partial charge in [0.05, 0.1) is 66.1 Å². The highest BCUT2D eigenvalue weighted by Crippen LogP contribution is 1.86. The maximum atomic E-state index is 5.81. The van der Waals surface area contributed by atoms with Crippen molar-refractivity contribution >= 4 is 7.98 Å². The van der Waals surface area contributed by atoms with Gasteiger partial charge < -0.3 is 33.2 Å². The molecule has 0 bridgehead atoms. The third-order valence-electron chi connectivity index (χ3n) is 2.65. The van der Waals surface area contributed by atoms with Gasteiger partial charge in [0.1, 0.15) is 0 Å². The van der Waals surface area contributed by atoms with Gasteiger partial charge in [-0.2, -0.15) is 0 Å². The van der Waals surface area contributed by atoms with Crippen molar-refractivity contribution in [2.75, 3.05) is 93.4 Å². The first-order chi connectivity index (χ1) is 10.8. The van der Waals surface area contributed by atoms with Crippen LogP contribution in [0.5, 0.6) is 0 Å². The molecule has 130 valence electrons. The average molecular weight is 319 g/mol. The molecular weight excluding hydrogens is 289 g/mol. The summed E-state index contributed by atoms with van der Waals surface area (Å²) in [4.78, 5) is 1.68. The maximum Gasteiger partial charge on any atom is 0.182 e. The molecule has 0 rings (SSSR count). The third-order valence-corrected chi connectivity index (χ3v) is 2.65. The van der Waals surface area contributed by atoms with Crippen LogP contribution in [0.2, 0.25) is 0 Å². The highest BCUT2D eigenvalue weighted by atomic mass is 16.5. The molecule has 0 saturated heterocycles. The first-order valence-electron chi connectivity index (χ1n) is 7.59. The van der Waals surface area contributed by atoms with Gasteiger partial charge in [-0.1, -0.05) is 0 Å². The van der Waals surface area contributed by atoms with E-state index in [1.165, 1.54) is 0 Å². The van der Waals surface area contributed by atoms with Crippen molar-refractivity contribution in [2.24, 2.45) is 0 Å². The molecule has 2 radical (unpaired) electrons. The van der Waals surface area contributed by atoms with E-state index >= 15 is 0 Å². The van der Waals surface area contributed by atoms with E-state index in [2.05, 4.69) is 0 Å². The minimum atomic E-state index is 0.562. The van der Waals surface area contributed by atoms with Gasteiger partial charge in [0.25, 0.3) is 0 Å². The van der Waals surface area contributed by atoms with E-state index in [9.17, 15) is 0 Å². The van der Waals surface area contributed by atoms with Gasteiger partial charge in [-0.15, -0.1) is 0 Å². The van der Waals surface area contributed by atoms with E-state index in [0.717, 1.165) is 0 Å².